The minimum absolute atomic E-state index is 0.0164. The highest BCUT2D eigenvalue weighted by Crippen LogP contribution is 2.36. The molecule has 0 saturated heterocycles. The van der Waals surface area contributed by atoms with Crippen LogP contribution in [0.15, 0.2) is 23.1 Å². The number of hydrogen-bond donors (Lipinski definition) is 0. The van der Waals surface area contributed by atoms with E-state index in [0.29, 0.717) is 4.90 Å². The zero-order valence-corrected chi connectivity index (χ0v) is 8.63. The largest absolute Gasteiger partial charge is 0.573 e. The molecule has 0 unspecified atom stereocenters. The van der Waals surface area contributed by atoms with Crippen molar-refractivity contribution in [3.05, 3.63) is 23.2 Å². The Labute approximate surface area is 88.2 Å². The summed E-state index contributed by atoms with van der Waals surface area (Å²) in [6, 6.07) is 4.25. The van der Waals surface area contributed by atoms with Crippen molar-refractivity contribution in [3.63, 3.8) is 0 Å². The van der Waals surface area contributed by atoms with Gasteiger partial charge in [0, 0.05) is 4.90 Å². The van der Waals surface area contributed by atoms with Crippen LogP contribution in [-0.2, 0) is 0 Å². The van der Waals surface area contributed by atoms with Gasteiger partial charge in [0.1, 0.15) is 5.75 Å². The third-order valence-corrected chi connectivity index (χ3v) is 2.66. The number of thioether (sulfide) groups is 1. The van der Waals surface area contributed by atoms with Crippen LogP contribution < -0.4 is 4.74 Å². The minimum atomic E-state index is -4.71. The normalized spacial score (nSPS) is 11.5. The molecule has 1 nitrogen and oxygen atoms in total. The van der Waals surface area contributed by atoms with E-state index in [1.54, 1.807) is 12.3 Å². The molecule has 0 heterocycles. The van der Waals surface area contributed by atoms with Crippen LogP contribution in [0.1, 0.15) is 0 Å². The molecular formula is C8H6ClF3OS. The second kappa shape index (κ2) is 4.31. The Morgan fingerprint density at radius 3 is 2.50 bits per heavy atom. The molecule has 0 aliphatic carbocycles. The number of alkyl halides is 3. The predicted octanol–water partition coefficient (Wildman–Crippen LogP) is 3.96. The maximum Gasteiger partial charge on any atom is 0.573 e. The lowest BCUT2D eigenvalue weighted by molar-refractivity contribution is -0.274. The van der Waals surface area contributed by atoms with Gasteiger partial charge in [-0.15, -0.1) is 24.9 Å². The van der Waals surface area contributed by atoms with Gasteiger partial charge in [0.05, 0.1) is 5.02 Å². The van der Waals surface area contributed by atoms with E-state index in [1.807, 2.05) is 0 Å². The molecule has 1 aromatic carbocycles. The van der Waals surface area contributed by atoms with Gasteiger partial charge in [-0.05, 0) is 18.4 Å². The fraction of sp³-hybridized carbons (Fsp3) is 0.250. The molecule has 14 heavy (non-hydrogen) atoms. The Bertz CT molecular complexity index is 327. The lowest BCUT2D eigenvalue weighted by Gasteiger charge is -2.11. The van der Waals surface area contributed by atoms with Crippen molar-refractivity contribution in [2.24, 2.45) is 0 Å². The first-order chi connectivity index (χ1) is 6.44. The first-order valence-corrected chi connectivity index (χ1v) is 5.12. The van der Waals surface area contributed by atoms with Gasteiger partial charge in [0.25, 0.3) is 0 Å². The molecule has 0 N–H and O–H groups in total. The van der Waals surface area contributed by atoms with Gasteiger partial charge in [-0.2, -0.15) is 0 Å². The standard InChI is InChI=1S/C8H6ClF3OS/c1-14-6-4-2-3-5(7(6)9)13-8(10,11)12/h2-4H,1H3. The summed E-state index contributed by atoms with van der Waals surface area (Å²) in [4.78, 5) is 0.549. The van der Waals surface area contributed by atoms with Crippen LogP contribution in [0.5, 0.6) is 5.75 Å². The number of ether oxygens (including phenoxy) is 1. The molecule has 1 aromatic rings. The Kier molecular flexibility index (Phi) is 3.55. The van der Waals surface area contributed by atoms with E-state index in [-0.39, 0.29) is 10.8 Å². The molecule has 0 bridgehead atoms. The molecule has 0 saturated carbocycles. The first-order valence-electron chi connectivity index (χ1n) is 3.52. The fourth-order valence-corrected chi connectivity index (χ4v) is 1.74. The molecule has 0 spiro atoms. The van der Waals surface area contributed by atoms with Crippen LogP contribution in [0.4, 0.5) is 13.2 Å². The molecule has 0 aliphatic heterocycles. The molecule has 0 aromatic heterocycles. The lowest BCUT2D eigenvalue weighted by atomic mass is 10.3. The van der Waals surface area contributed by atoms with Gasteiger partial charge >= 0.3 is 6.36 Å². The molecule has 78 valence electrons. The van der Waals surface area contributed by atoms with E-state index < -0.39 is 6.36 Å². The summed E-state index contributed by atoms with van der Waals surface area (Å²) in [7, 11) is 0. The summed E-state index contributed by atoms with van der Waals surface area (Å²) in [5.74, 6) is -0.369. The molecule has 0 aliphatic rings. The van der Waals surface area contributed by atoms with E-state index in [0.717, 1.165) is 0 Å². The minimum Gasteiger partial charge on any atom is -0.404 e. The van der Waals surface area contributed by atoms with Crippen LogP contribution in [0.3, 0.4) is 0 Å². The van der Waals surface area contributed by atoms with E-state index in [1.165, 1.54) is 23.9 Å². The average Bonchev–Trinajstić information content (AvgIpc) is 2.06. The van der Waals surface area contributed by atoms with E-state index in [9.17, 15) is 13.2 Å². The second-order valence-electron chi connectivity index (χ2n) is 2.32. The van der Waals surface area contributed by atoms with Gasteiger partial charge in [-0.25, -0.2) is 0 Å². The maximum atomic E-state index is 11.9. The SMILES string of the molecule is CSc1cccc(OC(F)(F)F)c1Cl. The third kappa shape index (κ3) is 2.99. The van der Waals surface area contributed by atoms with Crippen LogP contribution >= 0.6 is 23.4 Å². The van der Waals surface area contributed by atoms with Gasteiger partial charge in [0.15, 0.2) is 0 Å². The monoisotopic (exact) mass is 242 g/mol. The van der Waals surface area contributed by atoms with Crippen molar-refractivity contribution in [1.29, 1.82) is 0 Å². The summed E-state index contributed by atoms with van der Waals surface area (Å²) in [6.45, 7) is 0. The summed E-state index contributed by atoms with van der Waals surface area (Å²) in [5.41, 5.74) is 0. The number of benzene rings is 1. The third-order valence-electron chi connectivity index (χ3n) is 1.37. The summed E-state index contributed by atoms with van der Waals surface area (Å²) in [5, 5.41) is -0.0164. The van der Waals surface area contributed by atoms with Gasteiger partial charge in [0.2, 0.25) is 0 Å². The molecule has 0 atom stereocenters. The van der Waals surface area contributed by atoms with Crippen molar-refractivity contribution in [2.75, 3.05) is 6.26 Å². The quantitative estimate of drug-likeness (QED) is 0.726. The Balaban J connectivity index is 2.98. The smallest absolute Gasteiger partial charge is 0.404 e. The molecule has 0 radical (unpaired) electrons. The first kappa shape index (κ1) is 11.5. The predicted molar refractivity (Wildman–Crippen MR) is 49.9 cm³/mol. The Morgan fingerprint density at radius 2 is 2.00 bits per heavy atom. The number of hydrogen-bond acceptors (Lipinski definition) is 2. The van der Waals surface area contributed by atoms with Crippen molar-refractivity contribution in [1.82, 2.24) is 0 Å². The Hall–Kier alpha value is -0.550. The molecule has 0 fully saturated rings. The number of rotatable bonds is 2. The van der Waals surface area contributed by atoms with Crippen molar-refractivity contribution in [3.8, 4) is 5.75 Å². The number of halogens is 4. The highest BCUT2D eigenvalue weighted by atomic mass is 35.5. The molecule has 0 amide bonds. The molecule has 6 heteroatoms. The van der Waals surface area contributed by atoms with Gasteiger partial charge in [-0.1, -0.05) is 17.7 Å². The zero-order valence-electron chi connectivity index (χ0n) is 7.06. The van der Waals surface area contributed by atoms with Crippen LogP contribution in [0.25, 0.3) is 0 Å². The van der Waals surface area contributed by atoms with Crippen LogP contribution in [0, 0.1) is 0 Å². The summed E-state index contributed by atoms with van der Waals surface area (Å²) in [6.07, 6.45) is -2.99. The average molecular weight is 243 g/mol. The van der Waals surface area contributed by atoms with Crippen LogP contribution in [0.2, 0.25) is 5.02 Å². The van der Waals surface area contributed by atoms with Crippen molar-refractivity contribution < 1.29 is 17.9 Å². The highest BCUT2D eigenvalue weighted by molar-refractivity contribution is 7.98. The highest BCUT2D eigenvalue weighted by Gasteiger charge is 2.32. The topological polar surface area (TPSA) is 9.23 Å². The fourth-order valence-electron chi connectivity index (χ4n) is 0.852. The van der Waals surface area contributed by atoms with E-state index in [2.05, 4.69) is 4.74 Å². The zero-order chi connectivity index (χ0) is 10.8. The van der Waals surface area contributed by atoms with Crippen molar-refractivity contribution in [2.45, 2.75) is 11.3 Å². The summed E-state index contributed by atoms with van der Waals surface area (Å²) >= 11 is 6.93. The second-order valence-corrected chi connectivity index (χ2v) is 3.55. The van der Waals surface area contributed by atoms with E-state index >= 15 is 0 Å². The van der Waals surface area contributed by atoms with Gasteiger partial charge in [-0.3, -0.25) is 0 Å². The van der Waals surface area contributed by atoms with Crippen molar-refractivity contribution >= 4 is 23.4 Å². The Morgan fingerprint density at radius 1 is 1.36 bits per heavy atom. The molecule has 1 rings (SSSR count). The van der Waals surface area contributed by atoms with E-state index in [4.69, 9.17) is 11.6 Å². The van der Waals surface area contributed by atoms with Gasteiger partial charge < -0.3 is 4.74 Å². The summed E-state index contributed by atoms with van der Waals surface area (Å²) < 4.78 is 39.3. The van der Waals surface area contributed by atoms with Crippen LogP contribution in [-0.4, -0.2) is 12.6 Å². The lowest BCUT2D eigenvalue weighted by Crippen LogP contribution is -2.17. The molecular weight excluding hydrogens is 237 g/mol. The maximum absolute atomic E-state index is 11.9.